The second-order valence-electron chi connectivity index (χ2n) is 4.40. The maximum atomic E-state index is 11.2. The first kappa shape index (κ1) is 12.4. The lowest BCUT2D eigenvalue weighted by molar-refractivity contribution is 0.0696. The summed E-state index contributed by atoms with van der Waals surface area (Å²) in [5, 5.41) is 9.21. The van der Waals surface area contributed by atoms with Gasteiger partial charge in [-0.15, -0.1) is 0 Å². The molecule has 1 N–H and O–H groups in total. The van der Waals surface area contributed by atoms with Gasteiger partial charge in [0.2, 0.25) is 0 Å². The summed E-state index contributed by atoms with van der Waals surface area (Å²) in [5.74, 6) is -0.860. The molecular formula is C16H16O2. The van der Waals surface area contributed by atoms with E-state index in [4.69, 9.17) is 0 Å². The normalized spacial score (nSPS) is 10.3. The molecule has 0 aliphatic heterocycles. The van der Waals surface area contributed by atoms with Gasteiger partial charge in [0.05, 0.1) is 5.56 Å². The lowest BCUT2D eigenvalue weighted by Gasteiger charge is -2.07. The summed E-state index contributed by atoms with van der Waals surface area (Å²) < 4.78 is 0. The number of aryl methyl sites for hydroxylation is 2. The van der Waals surface area contributed by atoms with Crippen molar-refractivity contribution in [3.63, 3.8) is 0 Å². The van der Waals surface area contributed by atoms with Crippen molar-refractivity contribution >= 4 is 5.97 Å². The monoisotopic (exact) mass is 240 g/mol. The maximum Gasteiger partial charge on any atom is 0.335 e. The second-order valence-corrected chi connectivity index (χ2v) is 4.40. The van der Waals surface area contributed by atoms with E-state index in [9.17, 15) is 9.90 Å². The van der Waals surface area contributed by atoms with Gasteiger partial charge in [-0.2, -0.15) is 0 Å². The molecule has 0 saturated carbocycles. The highest BCUT2D eigenvalue weighted by atomic mass is 16.4. The smallest absolute Gasteiger partial charge is 0.335 e. The first-order valence-corrected chi connectivity index (χ1v) is 6.05. The van der Waals surface area contributed by atoms with E-state index >= 15 is 0 Å². The number of carboxylic acids is 1. The van der Waals surface area contributed by atoms with E-state index in [0.717, 1.165) is 23.1 Å². The third kappa shape index (κ3) is 2.43. The molecule has 0 amide bonds. The summed E-state index contributed by atoms with van der Waals surface area (Å²) >= 11 is 0. The molecule has 0 aliphatic carbocycles. The lowest BCUT2D eigenvalue weighted by Crippen LogP contribution is -2.01. The number of carbonyl (C=O) groups is 1. The molecule has 92 valence electrons. The van der Waals surface area contributed by atoms with E-state index in [2.05, 4.69) is 0 Å². The van der Waals surface area contributed by atoms with Crippen LogP contribution in [0, 0.1) is 6.92 Å². The van der Waals surface area contributed by atoms with Gasteiger partial charge in [0.25, 0.3) is 0 Å². The van der Waals surface area contributed by atoms with E-state index in [1.807, 2.05) is 50.2 Å². The minimum Gasteiger partial charge on any atom is -0.478 e. The molecule has 0 bridgehead atoms. The van der Waals surface area contributed by atoms with Crippen LogP contribution in [0.2, 0.25) is 0 Å². The highest BCUT2D eigenvalue weighted by Crippen LogP contribution is 2.23. The van der Waals surface area contributed by atoms with Gasteiger partial charge in [-0.25, -0.2) is 4.79 Å². The van der Waals surface area contributed by atoms with Crippen LogP contribution in [0.25, 0.3) is 11.1 Å². The predicted molar refractivity (Wildman–Crippen MR) is 73.0 cm³/mol. The van der Waals surface area contributed by atoms with Crippen LogP contribution in [-0.2, 0) is 6.42 Å². The van der Waals surface area contributed by atoms with Crippen LogP contribution in [0.5, 0.6) is 0 Å². The molecule has 2 rings (SSSR count). The molecule has 18 heavy (non-hydrogen) atoms. The van der Waals surface area contributed by atoms with Crippen LogP contribution in [0.3, 0.4) is 0 Å². The number of carboxylic acid groups (broad SMARTS) is 1. The Bertz CT molecular complexity index is 568. The zero-order chi connectivity index (χ0) is 13.1. The van der Waals surface area contributed by atoms with Crippen LogP contribution in [0.1, 0.15) is 28.4 Å². The Morgan fingerprint density at radius 2 is 1.67 bits per heavy atom. The number of hydrogen-bond donors (Lipinski definition) is 1. The highest BCUT2D eigenvalue weighted by molar-refractivity contribution is 5.91. The van der Waals surface area contributed by atoms with Gasteiger partial charge < -0.3 is 5.11 Å². The predicted octanol–water partition coefficient (Wildman–Crippen LogP) is 3.92. The van der Waals surface area contributed by atoms with Crippen molar-refractivity contribution in [2.24, 2.45) is 0 Å². The largest absolute Gasteiger partial charge is 0.478 e. The molecule has 0 aromatic heterocycles. The minimum absolute atomic E-state index is 0.399. The molecule has 2 aromatic carbocycles. The molecule has 0 spiro atoms. The average molecular weight is 240 g/mol. The number of hydrogen-bond acceptors (Lipinski definition) is 1. The zero-order valence-electron chi connectivity index (χ0n) is 10.6. The van der Waals surface area contributed by atoms with E-state index in [1.54, 1.807) is 6.07 Å². The third-order valence-electron chi connectivity index (χ3n) is 3.11. The van der Waals surface area contributed by atoms with Crippen LogP contribution >= 0.6 is 0 Å². The Balaban J connectivity index is 2.49. The first-order chi connectivity index (χ1) is 8.61. The Kier molecular flexibility index (Phi) is 3.47. The highest BCUT2D eigenvalue weighted by Gasteiger charge is 2.10. The molecule has 2 nitrogen and oxygen atoms in total. The summed E-state index contributed by atoms with van der Waals surface area (Å²) in [7, 11) is 0. The molecular weight excluding hydrogens is 224 g/mol. The van der Waals surface area contributed by atoms with Gasteiger partial charge >= 0.3 is 5.97 Å². The number of aromatic carboxylic acids is 1. The van der Waals surface area contributed by atoms with E-state index in [0.29, 0.717) is 5.56 Å². The van der Waals surface area contributed by atoms with E-state index in [-0.39, 0.29) is 0 Å². The topological polar surface area (TPSA) is 37.3 Å². The molecule has 2 aromatic rings. The van der Waals surface area contributed by atoms with E-state index < -0.39 is 5.97 Å². The quantitative estimate of drug-likeness (QED) is 0.882. The number of benzene rings is 2. The van der Waals surface area contributed by atoms with Crippen LogP contribution < -0.4 is 0 Å². The fourth-order valence-electron chi connectivity index (χ4n) is 2.01. The van der Waals surface area contributed by atoms with Crippen molar-refractivity contribution in [1.82, 2.24) is 0 Å². The molecule has 0 atom stereocenters. The fourth-order valence-corrected chi connectivity index (χ4v) is 2.01. The number of rotatable bonds is 3. The molecule has 0 unspecified atom stereocenters. The fraction of sp³-hybridized carbons (Fsp3) is 0.188. The van der Waals surface area contributed by atoms with Crippen molar-refractivity contribution in [3.05, 3.63) is 59.2 Å². The van der Waals surface area contributed by atoms with Crippen LogP contribution in [-0.4, -0.2) is 11.1 Å². The minimum atomic E-state index is -0.860. The van der Waals surface area contributed by atoms with E-state index in [1.165, 1.54) is 5.56 Å². The Morgan fingerprint density at radius 1 is 1.06 bits per heavy atom. The SMILES string of the molecule is CCc1ccc(-c2ccc(C)cc2)cc1C(=O)O. The van der Waals surface area contributed by atoms with Gasteiger partial charge in [-0.3, -0.25) is 0 Å². The second kappa shape index (κ2) is 5.05. The lowest BCUT2D eigenvalue weighted by atomic mass is 9.97. The van der Waals surface area contributed by atoms with Gasteiger partial charge in [0, 0.05) is 0 Å². The Labute approximate surface area is 107 Å². The Hall–Kier alpha value is -2.09. The Morgan fingerprint density at radius 3 is 2.22 bits per heavy atom. The van der Waals surface area contributed by atoms with Crippen LogP contribution in [0.15, 0.2) is 42.5 Å². The molecule has 0 heterocycles. The summed E-state index contributed by atoms with van der Waals surface area (Å²) in [6, 6.07) is 13.7. The van der Waals surface area contributed by atoms with Gasteiger partial charge in [-0.05, 0) is 36.1 Å². The molecule has 0 fully saturated rings. The van der Waals surface area contributed by atoms with Gasteiger partial charge in [-0.1, -0.05) is 48.9 Å². The van der Waals surface area contributed by atoms with Crippen molar-refractivity contribution in [2.75, 3.05) is 0 Å². The molecule has 0 aliphatic rings. The van der Waals surface area contributed by atoms with Crippen molar-refractivity contribution in [3.8, 4) is 11.1 Å². The first-order valence-electron chi connectivity index (χ1n) is 6.05. The molecule has 2 heteroatoms. The van der Waals surface area contributed by atoms with Crippen molar-refractivity contribution in [1.29, 1.82) is 0 Å². The average Bonchev–Trinajstić information content (AvgIpc) is 2.39. The van der Waals surface area contributed by atoms with Gasteiger partial charge in [0.1, 0.15) is 0 Å². The summed E-state index contributed by atoms with van der Waals surface area (Å²) in [5.41, 5.74) is 4.46. The van der Waals surface area contributed by atoms with Crippen LogP contribution in [0.4, 0.5) is 0 Å². The summed E-state index contributed by atoms with van der Waals surface area (Å²) in [4.78, 5) is 11.2. The summed E-state index contributed by atoms with van der Waals surface area (Å²) in [6.45, 7) is 4.00. The molecule has 0 saturated heterocycles. The maximum absolute atomic E-state index is 11.2. The zero-order valence-corrected chi connectivity index (χ0v) is 10.6. The summed E-state index contributed by atoms with van der Waals surface area (Å²) in [6.07, 6.45) is 0.732. The molecule has 0 radical (unpaired) electrons. The standard InChI is InChI=1S/C16H16O2/c1-3-12-8-9-14(10-15(12)16(17)18)13-6-4-11(2)5-7-13/h4-10H,3H2,1-2H3,(H,17,18). The van der Waals surface area contributed by atoms with Crippen molar-refractivity contribution in [2.45, 2.75) is 20.3 Å². The van der Waals surface area contributed by atoms with Crippen molar-refractivity contribution < 1.29 is 9.90 Å². The third-order valence-corrected chi connectivity index (χ3v) is 3.11. The van der Waals surface area contributed by atoms with Gasteiger partial charge in [0.15, 0.2) is 0 Å².